The first-order valence-corrected chi connectivity index (χ1v) is 9.88. The molecule has 31 heavy (non-hydrogen) atoms. The molecule has 0 saturated carbocycles. The highest BCUT2D eigenvalue weighted by Crippen LogP contribution is 2.03. The number of carbonyl (C=O) groups is 3. The van der Waals surface area contributed by atoms with Crippen LogP contribution in [0.3, 0.4) is 0 Å². The van der Waals surface area contributed by atoms with Gasteiger partial charge in [0.1, 0.15) is 18.9 Å². The number of nitrogens with one attached hydrogen (secondary N) is 2. The quantitative estimate of drug-likeness (QED) is 0.260. The molecular formula is C23H26N2O6. The molecule has 0 bridgehead atoms. The zero-order chi connectivity index (χ0) is 22.3. The third-order valence-corrected chi connectivity index (χ3v) is 3.92. The molecule has 0 radical (unpaired) electrons. The Balaban J connectivity index is 1.78. The maximum Gasteiger partial charge on any atom is 0.412 e. The van der Waals surface area contributed by atoms with E-state index in [0.29, 0.717) is 0 Å². The van der Waals surface area contributed by atoms with Gasteiger partial charge in [0.15, 0.2) is 0 Å². The van der Waals surface area contributed by atoms with Crippen LogP contribution in [0.4, 0.5) is 9.59 Å². The summed E-state index contributed by atoms with van der Waals surface area (Å²) in [5.74, 6) is -0.689. The molecule has 0 fully saturated rings. The second-order valence-electron chi connectivity index (χ2n) is 6.30. The smallest absolute Gasteiger partial charge is 0.412 e. The van der Waals surface area contributed by atoms with E-state index in [4.69, 9.17) is 14.2 Å². The van der Waals surface area contributed by atoms with E-state index < -0.39 is 18.2 Å². The van der Waals surface area contributed by atoms with Crippen LogP contribution in [0.2, 0.25) is 0 Å². The Kier molecular flexibility index (Phi) is 10.2. The van der Waals surface area contributed by atoms with Gasteiger partial charge in [-0.3, -0.25) is 5.32 Å². The van der Waals surface area contributed by atoms with Gasteiger partial charge in [-0.25, -0.2) is 14.4 Å². The molecule has 0 aliphatic carbocycles. The molecule has 0 atom stereocenters. The van der Waals surface area contributed by atoms with E-state index >= 15 is 0 Å². The number of rotatable bonds is 10. The first kappa shape index (κ1) is 23.5. The maximum absolute atomic E-state index is 12.1. The van der Waals surface area contributed by atoms with Crippen LogP contribution in [0, 0.1) is 0 Å². The molecule has 2 amide bonds. The van der Waals surface area contributed by atoms with Crippen LogP contribution in [0.1, 0.15) is 24.5 Å². The molecule has 8 nitrogen and oxygen atoms in total. The van der Waals surface area contributed by atoms with Crippen molar-refractivity contribution in [3.05, 3.63) is 83.6 Å². The van der Waals surface area contributed by atoms with Crippen molar-refractivity contribution in [2.45, 2.75) is 26.6 Å². The average molecular weight is 426 g/mol. The molecule has 0 heterocycles. The standard InChI is InChI=1S/C23H26N2O6/c1-2-29-21(26)20(25-23(28)31-17-19-12-7-4-8-13-19)14-9-15-24-22(27)30-16-18-10-5-3-6-11-18/h3-8,10-14H,2,9,15-17H2,1H3,(H,24,27)(H,25,28)/b20-14+. The van der Waals surface area contributed by atoms with E-state index in [0.717, 1.165) is 11.1 Å². The zero-order valence-electron chi connectivity index (χ0n) is 17.3. The van der Waals surface area contributed by atoms with Gasteiger partial charge in [-0.05, 0) is 24.5 Å². The Morgan fingerprint density at radius 3 is 1.90 bits per heavy atom. The number of esters is 1. The molecule has 2 aromatic rings. The number of hydrogen-bond donors (Lipinski definition) is 2. The SMILES string of the molecule is CCOC(=O)/C(=C\CCNC(=O)OCc1ccccc1)NC(=O)OCc1ccccc1. The van der Waals surface area contributed by atoms with E-state index in [9.17, 15) is 14.4 Å². The number of ether oxygens (including phenoxy) is 3. The van der Waals surface area contributed by atoms with Crippen LogP contribution in [0.5, 0.6) is 0 Å². The molecular weight excluding hydrogens is 400 g/mol. The van der Waals surface area contributed by atoms with E-state index in [2.05, 4.69) is 10.6 Å². The first-order chi connectivity index (χ1) is 15.1. The summed E-state index contributed by atoms with van der Waals surface area (Å²) in [5, 5.41) is 4.97. The van der Waals surface area contributed by atoms with Crippen molar-refractivity contribution in [3.63, 3.8) is 0 Å². The summed E-state index contributed by atoms with van der Waals surface area (Å²) in [6.07, 6.45) is 0.371. The van der Waals surface area contributed by atoms with Gasteiger partial charge in [-0.2, -0.15) is 0 Å². The van der Waals surface area contributed by atoms with Crippen LogP contribution in [0.15, 0.2) is 72.4 Å². The highest BCUT2D eigenvalue weighted by Gasteiger charge is 2.15. The second kappa shape index (κ2) is 13.4. The summed E-state index contributed by atoms with van der Waals surface area (Å²) >= 11 is 0. The van der Waals surface area contributed by atoms with Gasteiger partial charge in [0.2, 0.25) is 0 Å². The average Bonchev–Trinajstić information content (AvgIpc) is 2.80. The summed E-state index contributed by atoms with van der Waals surface area (Å²) < 4.78 is 15.2. The lowest BCUT2D eigenvalue weighted by Crippen LogP contribution is -2.30. The van der Waals surface area contributed by atoms with E-state index in [-0.39, 0.29) is 38.5 Å². The van der Waals surface area contributed by atoms with Crippen LogP contribution in [-0.2, 0) is 32.2 Å². The topological polar surface area (TPSA) is 103 Å². The fourth-order valence-electron chi connectivity index (χ4n) is 2.43. The third-order valence-electron chi connectivity index (χ3n) is 3.92. The molecule has 8 heteroatoms. The van der Waals surface area contributed by atoms with Crippen LogP contribution in [0.25, 0.3) is 0 Å². The molecule has 0 saturated heterocycles. The Labute approximate surface area is 181 Å². The first-order valence-electron chi connectivity index (χ1n) is 9.88. The molecule has 2 rings (SSSR count). The maximum atomic E-state index is 12.1. The molecule has 0 aliphatic heterocycles. The lowest BCUT2D eigenvalue weighted by molar-refractivity contribution is -0.138. The van der Waals surface area contributed by atoms with Crippen molar-refractivity contribution in [2.75, 3.05) is 13.2 Å². The summed E-state index contributed by atoms with van der Waals surface area (Å²) in [6, 6.07) is 18.5. The Hall–Kier alpha value is -3.81. The normalized spacial score (nSPS) is 10.7. The van der Waals surface area contributed by atoms with Gasteiger partial charge >= 0.3 is 18.2 Å². The third kappa shape index (κ3) is 9.49. The Morgan fingerprint density at radius 2 is 1.35 bits per heavy atom. The molecule has 2 N–H and O–H groups in total. The predicted molar refractivity (Wildman–Crippen MR) is 114 cm³/mol. The largest absolute Gasteiger partial charge is 0.461 e. The van der Waals surface area contributed by atoms with E-state index in [1.165, 1.54) is 6.08 Å². The summed E-state index contributed by atoms with van der Waals surface area (Å²) in [4.78, 5) is 35.9. The highest BCUT2D eigenvalue weighted by molar-refractivity contribution is 5.92. The van der Waals surface area contributed by atoms with Crippen molar-refractivity contribution in [1.29, 1.82) is 0 Å². The lowest BCUT2D eigenvalue weighted by Gasteiger charge is -2.10. The summed E-state index contributed by atoms with van der Waals surface area (Å²) in [6.45, 7) is 2.24. The van der Waals surface area contributed by atoms with Gasteiger partial charge in [0.05, 0.1) is 6.61 Å². The number of hydrogen-bond acceptors (Lipinski definition) is 6. The monoisotopic (exact) mass is 426 g/mol. The van der Waals surface area contributed by atoms with Crippen LogP contribution in [-0.4, -0.2) is 31.3 Å². The van der Waals surface area contributed by atoms with Crippen molar-refractivity contribution < 1.29 is 28.6 Å². The molecule has 2 aromatic carbocycles. The molecule has 0 aliphatic rings. The highest BCUT2D eigenvalue weighted by atomic mass is 16.6. The van der Waals surface area contributed by atoms with Crippen molar-refractivity contribution in [1.82, 2.24) is 10.6 Å². The number of benzene rings is 2. The Morgan fingerprint density at radius 1 is 0.806 bits per heavy atom. The minimum atomic E-state index is -0.779. The van der Waals surface area contributed by atoms with Crippen molar-refractivity contribution in [2.24, 2.45) is 0 Å². The molecule has 164 valence electrons. The molecule has 0 spiro atoms. The van der Waals surface area contributed by atoms with Gasteiger partial charge in [0, 0.05) is 6.54 Å². The van der Waals surface area contributed by atoms with E-state index in [1.807, 2.05) is 60.7 Å². The number of carbonyl (C=O) groups excluding carboxylic acids is 3. The van der Waals surface area contributed by atoms with Crippen LogP contribution >= 0.6 is 0 Å². The predicted octanol–water partition coefficient (Wildman–Crippen LogP) is 3.68. The minimum Gasteiger partial charge on any atom is -0.461 e. The summed E-state index contributed by atoms with van der Waals surface area (Å²) in [7, 11) is 0. The van der Waals surface area contributed by atoms with Crippen molar-refractivity contribution >= 4 is 18.2 Å². The fraction of sp³-hybridized carbons (Fsp3) is 0.261. The van der Waals surface area contributed by atoms with Gasteiger partial charge in [-0.1, -0.05) is 66.7 Å². The van der Waals surface area contributed by atoms with Crippen LogP contribution < -0.4 is 10.6 Å². The Bertz CT molecular complexity index is 868. The van der Waals surface area contributed by atoms with E-state index in [1.54, 1.807) is 6.92 Å². The lowest BCUT2D eigenvalue weighted by atomic mass is 10.2. The van der Waals surface area contributed by atoms with Gasteiger partial charge in [-0.15, -0.1) is 0 Å². The minimum absolute atomic E-state index is 0.0561. The molecule has 0 unspecified atom stereocenters. The fourth-order valence-corrected chi connectivity index (χ4v) is 2.43. The van der Waals surface area contributed by atoms with Gasteiger partial charge in [0.25, 0.3) is 0 Å². The molecule has 0 aromatic heterocycles. The zero-order valence-corrected chi connectivity index (χ0v) is 17.3. The number of alkyl carbamates (subject to hydrolysis) is 2. The van der Waals surface area contributed by atoms with Crippen molar-refractivity contribution in [3.8, 4) is 0 Å². The second-order valence-corrected chi connectivity index (χ2v) is 6.30. The number of amides is 2. The van der Waals surface area contributed by atoms with Gasteiger partial charge < -0.3 is 19.5 Å². The summed E-state index contributed by atoms with van der Waals surface area (Å²) in [5.41, 5.74) is 1.64.